The summed E-state index contributed by atoms with van der Waals surface area (Å²) in [6, 6.07) is 7.63. The average Bonchev–Trinajstić information content (AvgIpc) is 3.15. The molecule has 0 spiro atoms. The molecule has 1 aliphatic heterocycles. The van der Waals surface area contributed by atoms with Crippen molar-refractivity contribution in [3.05, 3.63) is 51.0 Å². The number of hydrogen-bond donors (Lipinski definition) is 0. The molecule has 1 aliphatic rings. The SMILES string of the molecule is CCC(c1ccc(Cl)c2nc3n(c12)CCCN3c1ccc(Cl)cc1Cl)N(C)C(=O)C(F)(F)F. The van der Waals surface area contributed by atoms with Gasteiger partial charge in [0.1, 0.15) is 5.52 Å². The summed E-state index contributed by atoms with van der Waals surface area (Å²) in [5.74, 6) is -1.32. The van der Waals surface area contributed by atoms with Crippen LogP contribution in [-0.2, 0) is 11.3 Å². The molecule has 1 aromatic heterocycles. The van der Waals surface area contributed by atoms with E-state index >= 15 is 0 Å². The second-order valence-electron chi connectivity index (χ2n) is 7.84. The number of aryl methyl sites for hydroxylation is 1. The molecule has 5 nitrogen and oxygen atoms in total. The van der Waals surface area contributed by atoms with Crippen molar-refractivity contribution in [3.63, 3.8) is 0 Å². The molecule has 0 bridgehead atoms. The van der Waals surface area contributed by atoms with Gasteiger partial charge in [-0.1, -0.05) is 47.8 Å². The molecular weight excluding hydrogens is 500 g/mol. The van der Waals surface area contributed by atoms with Crippen LogP contribution in [0.15, 0.2) is 30.3 Å². The second-order valence-corrected chi connectivity index (χ2v) is 9.09. The lowest BCUT2D eigenvalue weighted by Crippen LogP contribution is -2.40. The molecular formula is C22H20Cl3F3N4O. The lowest BCUT2D eigenvalue weighted by atomic mass is 10.0. The van der Waals surface area contributed by atoms with Gasteiger partial charge in [0.2, 0.25) is 5.95 Å². The number of alkyl halides is 3. The number of hydrogen-bond acceptors (Lipinski definition) is 3. The van der Waals surface area contributed by atoms with Gasteiger partial charge in [-0.05, 0) is 37.1 Å². The maximum atomic E-state index is 13.2. The van der Waals surface area contributed by atoms with Crippen molar-refractivity contribution in [2.45, 2.75) is 38.5 Å². The number of aromatic nitrogens is 2. The zero-order chi connectivity index (χ0) is 24.1. The van der Waals surface area contributed by atoms with Crippen LogP contribution in [0.4, 0.5) is 24.8 Å². The van der Waals surface area contributed by atoms with Crippen LogP contribution in [0.3, 0.4) is 0 Å². The minimum atomic E-state index is -4.97. The molecule has 0 saturated carbocycles. The molecule has 11 heteroatoms. The van der Waals surface area contributed by atoms with Gasteiger partial charge in [0, 0.05) is 30.7 Å². The Morgan fingerprint density at radius 2 is 1.88 bits per heavy atom. The maximum absolute atomic E-state index is 13.2. The highest BCUT2D eigenvalue weighted by Crippen LogP contribution is 2.41. The topological polar surface area (TPSA) is 41.4 Å². The Kier molecular flexibility index (Phi) is 6.46. The molecule has 176 valence electrons. The van der Waals surface area contributed by atoms with E-state index in [0.717, 1.165) is 18.4 Å². The summed E-state index contributed by atoms with van der Waals surface area (Å²) < 4.78 is 41.4. The Labute approximate surface area is 203 Å². The third kappa shape index (κ3) is 4.24. The summed E-state index contributed by atoms with van der Waals surface area (Å²) in [5, 5.41) is 1.33. The number of fused-ring (bicyclic) bond motifs is 3. The first-order chi connectivity index (χ1) is 15.5. The van der Waals surface area contributed by atoms with E-state index in [1.54, 1.807) is 37.3 Å². The van der Waals surface area contributed by atoms with Crippen molar-refractivity contribution in [1.29, 1.82) is 0 Å². The molecule has 0 aliphatic carbocycles. The summed E-state index contributed by atoms with van der Waals surface area (Å²) in [6.07, 6.45) is -3.94. The highest BCUT2D eigenvalue weighted by atomic mass is 35.5. The van der Waals surface area contributed by atoms with E-state index in [2.05, 4.69) is 0 Å². The standard InChI is InChI=1S/C22H20Cl3F3N4O/c1-3-16(30(2)20(33)22(26,27)28)13-6-7-14(24)18-19(13)32-10-4-9-31(21(32)29-18)17-8-5-12(23)11-15(17)25/h5-8,11,16H,3-4,9-10H2,1-2H3. The van der Waals surface area contributed by atoms with Gasteiger partial charge in [-0.15, -0.1) is 0 Å². The number of halogens is 6. The van der Waals surface area contributed by atoms with Crippen molar-refractivity contribution >= 4 is 63.4 Å². The van der Waals surface area contributed by atoms with E-state index in [0.29, 0.717) is 56.4 Å². The van der Waals surface area contributed by atoms with Gasteiger partial charge < -0.3 is 14.4 Å². The van der Waals surface area contributed by atoms with Gasteiger partial charge in [-0.3, -0.25) is 4.79 Å². The average molecular weight is 520 g/mol. The third-order valence-electron chi connectivity index (χ3n) is 5.84. The van der Waals surface area contributed by atoms with Crippen molar-refractivity contribution in [2.24, 2.45) is 0 Å². The number of carbonyl (C=O) groups is 1. The number of benzene rings is 2. The maximum Gasteiger partial charge on any atom is 0.471 e. The monoisotopic (exact) mass is 518 g/mol. The van der Waals surface area contributed by atoms with Crippen LogP contribution in [0, 0.1) is 0 Å². The molecule has 3 aromatic rings. The predicted octanol–water partition coefficient (Wildman–Crippen LogP) is 7.01. The van der Waals surface area contributed by atoms with E-state index in [-0.39, 0.29) is 6.42 Å². The molecule has 1 unspecified atom stereocenters. The Morgan fingerprint density at radius 3 is 2.52 bits per heavy atom. The lowest BCUT2D eigenvalue weighted by molar-refractivity contribution is -0.186. The molecule has 1 atom stereocenters. The van der Waals surface area contributed by atoms with Crippen molar-refractivity contribution < 1.29 is 18.0 Å². The molecule has 33 heavy (non-hydrogen) atoms. The largest absolute Gasteiger partial charge is 0.471 e. The van der Waals surface area contributed by atoms with Crippen molar-refractivity contribution in [3.8, 4) is 0 Å². The molecule has 0 saturated heterocycles. The zero-order valence-electron chi connectivity index (χ0n) is 17.8. The van der Waals surface area contributed by atoms with Crippen molar-refractivity contribution in [2.75, 3.05) is 18.5 Å². The van der Waals surface area contributed by atoms with Crippen LogP contribution in [0.25, 0.3) is 11.0 Å². The summed E-state index contributed by atoms with van der Waals surface area (Å²) in [4.78, 5) is 19.4. The third-order valence-corrected chi connectivity index (χ3v) is 6.68. The first-order valence-corrected chi connectivity index (χ1v) is 11.4. The number of rotatable bonds is 4. The minimum absolute atomic E-state index is 0.280. The van der Waals surface area contributed by atoms with Crippen LogP contribution < -0.4 is 4.90 Å². The first kappa shape index (κ1) is 24.0. The van der Waals surface area contributed by atoms with Gasteiger partial charge in [-0.2, -0.15) is 13.2 Å². The molecule has 2 heterocycles. The Balaban J connectivity index is 1.89. The fourth-order valence-corrected chi connectivity index (χ4v) is 5.07. The number of nitrogens with zero attached hydrogens (tertiary/aromatic N) is 4. The molecule has 4 rings (SSSR count). The van der Waals surface area contributed by atoms with E-state index in [1.165, 1.54) is 0 Å². The number of carbonyl (C=O) groups excluding carboxylic acids is 1. The predicted molar refractivity (Wildman–Crippen MR) is 125 cm³/mol. The first-order valence-electron chi connectivity index (χ1n) is 10.3. The molecule has 0 N–H and O–H groups in total. The second kappa shape index (κ2) is 8.89. The molecule has 0 fully saturated rings. The van der Waals surface area contributed by atoms with Crippen molar-refractivity contribution in [1.82, 2.24) is 14.5 Å². The summed E-state index contributed by atoms with van der Waals surface area (Å²) in [6.45, 7) is 2.97. The highest BCUT2D eigenvalue weighted by Gasteiger charge is 2.43. The van der Waals surface area contributed by atoms with Crippen LogP contribution in [-0.4, -0.2) is 40.1 Å². The van der Waals surface area contributed by atoms with Crippen LogP contribution >= 0.6 is 34.8 Å². The van der Waals surface area contributed by atoms with E-state index < -0.39 is 18.1 Å². The molecule has 1 amide bonds. The smallest absolute Gasteiger partial charge is 0.331 e. The van der Waals surface area contributed by atoms with E-state index in [9.17, 15) is 18.0 Å². The Hall–Kier alpha value is -2.16. The summed E-state index contributed by atoms with van der Waals surface area (Å²) in [5.41, 5.74) is 2.35. The molecule has 2 aromatic carbocycles. The number of anilines is 2. The normalized spacial score (nSPS) is 15.0. The van der Waals surface area contributed by atoms with Crippen LogP contribution in [0.5, 0.6) is 0 Å². The number of amides is 1. The highest BCUT2D eigenvalue weighted by molar-refractivity contribution is 6.36. The Morgan fingerprint density at radius 1 is 1.15 bits per heavy atom. The zero-order valence-corrected chi connectivity index (χ0v) is 20.0. The van der Waals surface area contributed by atoms with Gasteiger partial charge in [-0.25, -0.2) is 4.98 Å². The fourth-order valence-electron chi connectivity index (χ4n) is 4.37. The van der Waals surface area contributed by atoms with Gasteiger partial charge in [0.05, 0.1) is 27.3 Å². The van der Waals surface area contributed by atoms with Crippen LogP contribution in [0.1, 0.15) is 31.4 Å². The minimum Gasteiger partial charge on any atom is -0.331 e. The van der Waals surface area contributed by atoms with E-state index in [4.69, 9.17) is 39.8 Å². The van der Waals surface area contributed by atoms with Gasteiger partial charge in [0.15, 0.2) is 0 Å². The van der Waals surface area contributed by atoms with Gasteiger partial charge >= 0.3 is 12.1 Å². The van der Waals surface area contributed by atoms with Crippen LogP contribution in [0.2, 0.25) is 15.1 Å². The van der Waals surface area contributed by atoms with Gasteiger partial charge in [0.25, 0.3) is 0 Å². The summed E-state index contributed by atoms with van der Waals surface area (Å²) >= 11 is 18.9. The van der Waals surface area contributed by atoms with E-state index in [1.807, 2.05) is 9.47 Å². The summed E-state index contributed by atoms with van der Waals surface area (Å²) in [7, 11) is 1.16. The Bertz CT molecular complexity index is 1230. The lowest BCUT2D eigenvalue weighted by Gasteiger charge is -2.32. The molecule has 0 radical (unpaired) electrons. The number of imidazole rings is 1. The quantitative estimate of drug-likeness (QED) is 0.372. The fraction of sp³-hybridized carbons (Fsp3) is 0.364.